The van der Waals surface area contributed by atoms with Crippen LogP contribution in [0.1, 0.15) is 12.8 Å². The molecule has 1 aliphatic rings. The first kappa shape index (κ1) is 19.3. The Labute approximate surface area is 169 Å². The Hall–Kier alpha value is -2.98. The van der Waals surface area contributed by atoms with Crippen molar-refractivity contribution < 1.29 is 18.3 Å². The number of benzene rings is 1. The van der Waals surface area contributed by atoms with Crippen molar-refractivity contribution in [1.82, 2.24) is 4.98 Å². The van der Waals surface area contributed by atoms with Gasteiger partial charge in [0, 0.05) is 35.6 Å². The summed E-state index contributed by atoms with van der Waals surface area (Å²) in [5.41, 5.74) is 17.7. The average molecular weight is 419 g/mol. The number of carbonyl (C=O) groups is 1. The quantitative estimate of drug-likeness (QED) is 0.600. The summed E-state index contributed by atoms with van der Waals surface area (Å²) in [6.45, 7) is 1.38. The molecule has 7 nitrogen and oxygen atoms in total. The minimum atomic E-state index is -1.02. The molecule has 0 atom stereocenters. The van der Waals surface area contributed by atoms with E-state index in [9.17, 15) is 13.6 Å². The molecule has 1 aliphatic heterocycles. The van der Waals surface area contributed by atoms with Crippen molar-refractivity contribution >= 4 is 39.2 Å². The van der Waals surface area contributed by atoms with Gasteiger partial charge in [-0.25, -0.2) is 18.6 Å². The molecule has 1 fully saturated rings. The number of thiophene rings is 1. The molecule has 29 heavy (non-hydrogen) atoms. The third-order valence-corrected chi connectivity index (χ3v) is 5.90. The Kier molecular flexibility index (Phi) is 4.97. The normalized spacial score (nSPS) is 15.1. The van der Waals surface area contributed by atoms with Crippen molar-refractivity contribution in [1.29, 1.82) is 0 Å². The fraction of sp³-hybridized carbons (Fsp3) is 0.263. The van der Waals surface area contributed by atoms with Gasteiger partial charge in [-0.05, 0) is 37.1 Å². The summed E-state index contributed by atoms with van der Waals surface area (Å²) in [4.78, 5) is 18.3. The SMILES string of the molecule is NC(=O)Oc1sc2nc(N3CCC(N)CC3)cc(-c3cc(F)ccc3F)c2c1N. The summed E-state index contributed by atoms with van der Waals surface area (Å²) in [5.74, 6) is -0.595. The predicted octanol–water partition coefficient (Wildman–Crippen LogP) is 3.21. The maximum Gasteiger partial charge on any atom is 0.410 e. The minimum Gasteiger partial charge on any atom is -0.397 e. The van der Waals surface area contributed by atoms with Gasteiger partial charge in [-0.15, -0.1) is 0 Å². The lowest BCUT2D eigenvalue weighted by molar-refractivity contribution is 0.212. The number of amides is 1. The van der Waals surface area contributed by atoms with E-state index < -0.39 is 17.7 Å². The number of aromatic nitrogens is 1. The third kappa shape index (κ3) is 3.68. The number of anilines is 2. The number of fused-ring (bicyclic) bond motifs is 1. The van der Waals surface area contributed by atoms with Crippen LogP contribution in [0.25, 0.3) is 21.3 Å². The third-order valence-electron chi connectivity index (χ3n) is 4.93. The van der Waals surface area contributed by atoms with Gasteiger partial charge in [-0.2, -0.15) is 0 Å². The second kappa shape index (κ2) is 7.45. The molecule has 0 saturated carbocycles. The average Bonchev–Trinajstić information content (AvgIpc) is 2.98. The van der Waals surface area contributed by atoms with Gasteiger partial charge < -0.3 is 26.8 Å². The van der Waals surface area contributed by atoms with E-state index >= 15 is 0 Å². The van der Waals surface area contributed by atoms with Gasteiger partial charge in [0.2, 0.25) is 5.06 Å². The summed E-state index contributed by atoms with van der Waals surface area (Å²) in [6, 6.07) is 5.01. The molecule has 4 rings (SSSR count). The number of hydrogen-bond donors (Lipinski definition) is 3. The van der Waals surface area contributed by atoms with Crippen molar-refractivity contribution in [2.24, 2.45) is 11.5 Å². The van der Waals surface area contributed by atoms with E-state index in [0.717, 1.165) is 42.4 Å². The number of carbonyl (C=O) groups excluding carboxylic acids is 1. The monoisotopic (exact) mass is 419 g/mol. The van der Waals surface area contributed by atoms with Crippen LogP contribution in [0, 0.1) is 11.6 Å². The van der Waals surface area contributed by atoms with Crippen LogP contribution in [0.4, 0.5) is 25.1 Å². The van der Waals surface area contributed by atoms with E-state index in [1.54, 1.807) is 6.07 Å². The molecule has 1 aromatic carbocycles. The van der Waals surface area contributed by atoms with Crippen LogP contribution in [0.15, 0.2) is 24.3 Å². The molecule has 10 heteroatoms. The zero-order valence-corrected chi connectivity index (χ0v) is 16.1. The number of nitrogens with zero attached hydrogens (tertiary/aromatic N) is 2. The summed E-state index contributed by atoms with van der Waals surface area (Å²) in [6.07, 6.45) is 0.574. The highest BCUT2D eigenvalue weighted by Crippen LogP contribution is 2.46. The van der Waals surface area contributed by atoms with Crippen molar-refractivity contribution in [2.75, 3.05) is 23.7 Å². The van der Waals surface area contributed by atoms with Crippen LogP contribution >= 0.6 is 11.3 Å². The Morgan fingerprint density at radius 1 is 1.21 bits per heavy atom. The largest absolute Gasteiger partial charge is 0.410 e. The fourth-order valence-electron chi connectivity index (χ4n) is 3.46. The molecule has 3 heterocycles. The van der Waals surface area contributed by atoms with Crippen molar-refractivity contribution in [3.05, 3.63) is 35.9 Å². The van der Waals surface area contributed by atoms with Crippen LogP contribution in [0.3, 0.4) is 0 Å². The molecule has 1 saturated heterocycles. The van der Waals surface area contributed by atoms with E-state index in [0.29, 0.717) is 34.7 Å². The molecule has 0 bridgehead atoms. The predicted molar refractivity (Wildman–Crippen MR) is 109 cm³/mol. The maximum atomic E-state index is 14.6. The number of nitrogens with two attached hydrogens (primary N) is 3. The first-order valence-corrected chi connectivity index (χ1v) is 9.81. The number of primary amides is 1. The second-order valence-electron chi connectivity index (χ2n) is 6.88. The second-order valence-corrected chi connectivity index (χ2v) is 7.84. The smallest absolute Gasteiger partial charge is 0.397 e. The summed E-state index contributed by atoms with van der Waals surface area (Å²) < 4.78 is 33.5. The van der Waals surface area contributed by atoms with E-state index in [2.05, 4.69) is 4.98 Å². The van der Waals surface area contributed by atoms with Gasteiger partial charge in [0.05, 0.1) is 5.69 Å². The standard InChI is InChI=1S/C19H19F2N5O2S/c20-9-1-2-13(21)11(7-9)12-8-14(26-5-3-10(22)4-6-26)25-17-15(12)16(23)18(29-17)28-19(24)27/h1-2,7-8,10H,3-6,22-23H2,(H2,24,27). The molecule has 0 radical (unpaired) electrons. The number of pyridine rings is 1. The van der Waals surface area contributed by atoms with Gasteiger partial charge in [-0.3, -0.25) is 0 Å². The zero-order valence-electron chi connectivity index (χ0n) is 15.3. The molecule has 0 spiro atoms. The summed E-state index contributed by atoms with van der Waals surface area (Å²) in [7, 11) is 0. The molecule has 6 N–H and O–H groups in total. The van der Waals surface area contributed by atoms with Gasteiger partial charge in [-0.1, -0.05) is 11.3 Å². The van der Waals surface area contributed by atoms with Gasteiger partial charge in [0.1, 0.15) is 22.3 Å². The summed E-state index contributed by atoms with van der Waals surface area (Å²) in [5, 5.41) is 0.448. The van der Waals surface area contributed by atoms with E-state index in [1.165, 1.54) is 0 Å². The molecule has 152 valence electrons. The Bertz CT molecular complexity index is 1100. The number of rotatable bonds is 3. The minimum absolute atomic E-state index is 0.0440. The number of piperidine rings is 1. The van der Waals surface area contributed by atoms with Crippen molar-refractivity contribution in [3.63, 3.8) is 0 Å². The Morgan fingerprint density at radius 2 is 1.93 bits per heavy atom. The summed E-state index contributed by atoms with van der Waals surface area (Å²) >= 11 is 1.02. The molecule has 0 aliphatic carbocycles. The van der Waals surface area contributed by atoms with Crippen LogP contribution in [0.2, 0.25) is 0 Å². The number of ether oxygens (including phenoxy) is 1. The molecule has 1 amide bonds. The molecule has 3 aromatic rings. The van der Waals surface area contributed by atoms with Crippen molar-refractivity contribution in [3.8, 4) is 16.2 Å². The fourth-order valence-corrected chi connectivity index (χ4v) is 4.43. The van der Waals surface area contributed by atoms with Gasteiger partial charge in [0.15, 0.2) is 0 Å². The molecule has 2 aromatic heterocycles. The number of hydrogen-bond acceptors (Lipinski definition) is 7. The molecule has 0 unspecified atom stereocenters. The van der Waals surface area contributed by atoms with Crippen LogP contribution in [-0.2, 0) is 0 Å². The van der Waals surface area contributed by atoms with Gasteiger partial charge in [0.25, 0.3) is 0 Å². The molecular formula is C19H19F2N5O2S. The first-order chi connectivity index (χ1) is 13.8. The van der Waals surface area contributed by atoms with E-state index in [-0.39, 0.29) is 22.4 Å². The van der Waals surface area contributed by atoms with Crippen LogP contribution in [0.5, 0.6) is 5.06 Å². The zero-order chi connectivity index (χ0) is 20.7. The first-order valence-electron chi connectivity index (χ1n) is 8.99. The lowest BCUT2D eigenvalue weighted by Gasteiger charge is -2.31. The number of halogens is 2. The van der Waals surface area contributed by atoms with Gasteiger partial charge >= 0.3 is 6.09 Å². The Balaban J connectivity index is 1.93. The van der Waals surface area contributed by atoms with E-state index in [4.69, 9.17) is 21.9 Å². The highest BCUT2D eigenvalue weighted by atomic mass is 32.1. The highest BCUT2D eigenvalue weighted by molar-refractivity contribution is 7.21. The highest BCUT2D eigenvalue weighted by Gasteiger charge is 2.24. The Morgan fingerprint density at radius 3 is 2.62 bits per heavy atom. The maximum absolute atomic E-state index is 14.6. The topological polar surface area (TPSA) is 120 Å². The molecular weight excluding hydrogens is 400 g/mol. The number of nitrogen functional groups attached to an aromatic ring is 1. The van der Waals surface area contributed by atoms with Crippen LogP contribution < -0.4 is 26.8 Å². The van der Waals surface area contributed by atoms with Crippen LogP contribution in [-0.4, -0.2) is 30.2 Å². The lowest BCUT2D eigenvalue weighted by atomic mass is 10.0. The van der Waals surface area contributed by atoms with Crippen molar-refractivity contribution in [2.45, 2.75) is 18.9 Å². The van der Waals surface area contributed by atoms with E-state index in [1.807, 2.05) is 4.90 Å². The lowest BCUT2D eigenvalue weighted by Crippen LogP contribution is -2.40.